The molecule has 4 heteroatoms. The molecule has 2 N–H and O–H groups in total. The van der Waals surface area contributed by atoms with Crippen molar-refractivity contribution in [3.8, 4) is 11.3 Å². The predicted octanol–water partition coefficient (Wildman–Crippen LogP) is 2.03. The predicted molar refractivity (Wildman–Crippen MR) is 78.4 cm³/mol. The van der Waals surface area contributed by atoms with Crippen LogP contribution in [0.25, 0.3) is 11.3 Å². The second-order valence-electron chi connectivity index (χ2n) is 5.11. The molecule has 19 heavy (non-hydrogen) atoms. The average molecular weight is 259 g/mol. The summed E-state index contributed by atoms with van der Waals surface area (Å²) in [5.74, 6) is 0. The molecule has 0 aliphatic heterocycles. The Morgan fingerprint density at radius 2 is 1.79 bits per heavy atom. The normalized spacial score (nSPS) is 11.0. The van der Waals surface area contributed by atoms with Gasteiger partial charge in [0.15, 0.2) is 0 Å². The molecule has 0 spiro atoms. The summed E-state index contributed by atoms with van der Waals surface area (Å²) in [5.41, 5.74) is 6.53. The Labute approximate surface area is 113 Å². The second-order valence-corrected chi connectivity index (χ2v) is 5.11. The number of rotatable bonds is 3. The van der Waals surface area contributed by atoms with E-state index in [1.54, 1.807) is 7.05 Å². The van der Waals surface area contributed by atoms with E-state index in [0.717, 1.165) is 16.8 Å². The number of nitrogens with one attached hydrogen (secondary N) is 2. The molecule has 1 aromatic carbocycles. The van der Waals surface area contributed by atoms with Crippen molar-refractivity contribution in [2.45, 2.75) is 27.3 Å². The van der Waals surface area contributed by atoms with Crippen molar-refractivity contribution in [1.29, 1.82) is 0 Å². The summed E-state index contributed by atoms with van der Waals surface area (Å²) >= 11 is 0. The molecule has 0 amide bonds. The minimum absolute atomic E-state index is 0.0296. The third-order valence-corrected chi connectivity index (χ3v) is 3.61. The average Bonchev–Trinajstić information content (AvgIpc) is 2.62. The van der Waals surface area contributed by atoms with E-state index in [9.17, 15) is 4.79 Å². The minimum Gasteiger partial charge on any atom is -0.315 e. The molecule has 0 aliphatic carbocycles. The van der Waals surface area contributed by atoms with Crippen LogP contribution in [-0.2, 0) is 13.6 Å². The van der Waals surface area contributed by atoms with E-state index in [-0.39, 0.29) is 5.56 Å². The molecule has 1 aromatic heterocycles. The molecule has 0 saturated heterocycles. The molecule has 102 valence electrons. The zero-order chi connectivity index (χ0) is 14.2. The van der Waals surface area contributed by atoms with E-state index in [4.69, 9.17) is 0 Å². The van der Waals surface area contributed by atoms with Gasteiger partial charge in [0.1, 0.15) is 0 Å². The first-order chi connectivity index (χ1) is 8.95. The van der Waals surface area contributed by atoms with Gasteiger partial charge in [0, 0.05) is 19.2 Å². The lowest BCUT2D eigenvalue weighted by Crippen LogP contribution is -2.19. The second kappa shape index (κ2) is 5.05. The molecule has 2 aromatic rings. The van der Waals surface area contributed by atoms with Crippen molar-refractivity contribution in [3.05, 3.63) is 44.7 Å². The summed E-state index contributed by atoms with van der Waals surface area (Å²) in [6, 6.07) is 4.31. The van der Waals surface area contributed by atoms with Crippen molar-refractivity contribution in [1.82, 2.24) is 15.1 Å². The maximum Gasteiger partial charge on any atom is 0.271 e. The van der Waals surface area contributed by atoms with Crippen LogP contribution in [0, 0.1) is 20.8 Å². The van der Waals surface area contributed by atoms with Crippen LogP contribution in [0.5, 0.6) is 0 Å². The number of hydrogen-bond donors (Lipinski definition) is 2. The fourth-order valence-corrected chi connectivity index (χ4v) is 2.39. The Kier molecular flexibility index (Phi) is 3.62. The van der Waals surface area contributed by atoms with Gasteiger partial charge in [-0.2, -0.15) is 0 Å². The Morgan fingerprint density at radius 3 is 2.42 bits per heavy atom. The molecular weight excluding hydrogens is 238 g/mol. The van der Waals surface area contributed by atoms with Crippen molar-refractivity contribution >= 4 is 0 Å². The van der Waals surface area contributed by atoms with Crippen LogP contribution in [0.15, 0.2) is 16.9 Å². The van der Waals surface area contributed by atoms with Crippen molar-refractivity contribution in [3.63, 3.8) is 0 Å². The van der Waals surface area contributed by atoms with E-state index in [0.29, 0.717) is 6.54 Å². The molecule has 0 unspecified atom stereocenters. The van der Waals surface area contributed by atoms with Gasteiger partial charge in [0.05, 0.1) is 11.3 Å². The Morgan fingerprint density at radius 1 is 1.16 bits per heavy atom. The number of aryl methyl sites for hydroxylation is 4. The van der Waals surface area contributed by atoms with E-state index in [1.165, 1.54) is 21.4 Å². The van der Waals surface area contributed by atoms with E-state index in [2.05, 4.69) is 43.3 Å². The van der Waals surface area contributed by atoms with Crippen molar-refractivity contribution < 1.29 is 0 Å². The largest absolute Gasteiger partial charge is 0.315 e. The van der Waals surface area contributed by atoms with Crippen LogP contribution in [0.3, 0.4) is 0 Å². The summed E-state index contributed by atoms with van der Waals surface area (Å²) in [6.07, 6.45) is 0. The van der Waals surface area contributed by atoms with E-state index >= 15 is 0 Å². The van der Waals surface area contributed by atoms with Crippen LogP contribution in [0.1, 0.15) is 22.3 Å². The lowest BCUT2D eigenvalue weighted by Gasteiger charge is -2.10. The fourth-order valence-electron chi connectivity index (χ4n) is 2.39. The highest BCUT2D eigenvalue weighted by Gasteiger charge is 2.15. The van der Waals surface area contributed by atoms with Gasteiger partial charge < -0.3 is 5.32 Å². The molecule has 2 rings (SSSR count). The molecule has 0 bridgehead atoms. The molecule has 0 aliphatic rings. The molecule has 0 saturated carbocycles. The third-order valence-electron chi connectivity index (χ3n) is 3.61. The number of benzene rings is 1. The molecule has 0 atom stereocenters. The first-order valence-corrected chi connectivity index (χ1v) is 6.46. The first kappa shape index (κ1) is 13.6. The van der Waals surface area contributed by atoms with Gasteiger partial charge >= 0.3 is 0 Å². The van der Waals surface area contributed by atoms with Crippen LogP contribution in [0.4, 0.5) is 0 Å². The third kappa shape index (κ3) is 2.36. The summed E-state index contributed by atoms with van der Waals surface area (Å²) < 4.78 is 1.54. The first-order valence-electron chi connectivity index (χ1n) is 6.46. The highest BCUT2D eigenvalue weighted by atomic mass is 16.1. The fraction of sp³-hybridized carbons (Fsp3) is 0.400. The van der Waals surface area contributed by atoms with Gasteiger partial charge in [0.25, 0.3) is 5.56 Å². The van der Waals surface area contributed by atoms with Gasteiger partial charge in [-0.1, -0.05) is 6.07 Å². The Balaban J connectivity index is 2.68. The SMILES string of the molecule is CNCc1c(-c2cc(C)c(C)cc2C)[nH]n(C)c1=O. The standard InChI is InChI=1S/C15H21N3O/c1-9-6-11(3)12(7-10(9)2)14-13(8-16-4)15(19)18(5)17-14/h6-7,16-17H,8H2,1-5H3. The molecule has 0 fully saturated rings. The highest BCUT2D eigenvalue weighted by molar-refractivity contribution is 5.68. The molecular formula is C15H21N3O. The number of aromatic nitrogens is 2. The van der Waals surface area contributed by atoms with Crippen LogP contribution < -0.4 is 10.9 Å². The number of hydrogen-bond acceptors (Lipinski definition) is 2. The lowest BCUT2D eigenvalue weighted by atomic mass is 9.97. The maximum absolute atomic E-state index is 12.1. The Bertz CT molecular complexity index is 665. The zero-order valence-electron chi connectivity index (χ0n) is 12.2. The van der Waals surface area contributed by atoms with E-state index < -0.39 is 0 Å². The summed E-state index contributed by atoms with van der Waals surface area (Å²) in [6.45, 7) is 6.85. The van der Waals surface area contributed by atoms with Crippen LogP contribution >= 0.6 is 0 Å². The smallest absolute Gasteiger partial charge is 0.271 e. The van der Waals surface area contributed by atoms with Crippen LogP contribution in [0.2, 0.25) is 0 Å². The maximum atomic E-state index is 12.1. The molecule has 1 heterocycles. The van der Waals surface area contributed by atoms with E-state index in [1.807, 2.05) is 7.05 Å². The van der Waals surface area contributed by atoms with Crippen molar-refractivity contribution in [2.75, 3.05) is 7.05 Å². The zero-order valence-corrected chi connectivity index (χ0v) is 12.2. The summed E-state index contributed by atoms with van der Waals surface area (Å²) in [4.78, 5) is 12.1. The lowest BCUT2D eigenvalue weighted by molar-refractivity contribution is 0.734. The van der Waals surface area contributed by atoms with Gasteiger partial charge in [0.2, 0.25) is 0 Å². The van der Waals surface area contributed by atoms with Gasteiger partial charge in [-0.25, -0.2) is 0 Å². The highest BCUT2D eigenvalue weighted by Crippen LogP contribution is 2.26. The van der Waals surface area contributed by atoms with Crippen LogP contribution in [-0.4, -0.2) is 16.8 Å². The summed E-state index contributed by atoms with van der Waals surface area (Å²) in [5, 5.41) is 6.23. The number of nitrogens with zero attached hydrogens (tertiary/aromatic N) is 1. The van der Waals surface area contributed by atoms with Crippen molar-refractivity contribution in [2.24, 2.45) is 7.05 Å². The van der Waals surface area contributed by atoms with Gasteiger partial charge in [-0.05, 0) is 50.6 Å². The quantitative estimate of drug-likeness (QED) is 0.886. The van der Waals surface area contributed by atoms with Gasteiger partial charge in [-0.3, -0.25) is 14.6 Å². The van der Waals surface area contributed by atoms with Gasteiger partial charge in [-0.15, -0.1) is 0 Å². The summed E-state index contributed by atoms with van der Waals surface area (Å²) in [7, 11) is 3.60. The molecule has 4 nitrogen and oxygen atoms in total. The topological polar surface area (TPSA) is 49.8 Å². The molecule has 0 radical (unpaired) electrons. The monoisotopic (exact) mass is 259 g/mol. The Hall–Kier alpha value is -1.81. The number of aromatic amines is 1. The minimum atomic E-state index is 0.0296. The number of H-pyrrole nitrogens is 1.